The molecule has 0 atom stereocenters. The van der Waals surface area contributed by atoms with E-state index in [2.05, 4.69) is 15.9 Å². The Morgan fingerprint density at radius 1 is 1.20 bits per heavy atom. The van der Waals surface area contributed by atoms with Gasteiger partial charge in [-0.25, -0.2) is 9.18 Å². The molecule has 6 heteroatoms. The monoisotopic (exact) mass is 342 g/mol. The topological polar surface area (TPSA) is 46.5 Å². The zero-order chi connectivity index (χ0) is 14.9. The van der Waals surface area contributed by atoms with Gasteiger partial charge >= 0.3 is 5.97 Å². The summed E-state index contributed by atoms with van der Waals surface area (Å²) >= 11 is 3.05. The van der Waals surface area contributed by atoms with Gasteiger partial charge < -0.3 is 9.84 Å². The first-order chi connectivity index (χ1) is 9.38. The van der Waals surface area contributed by atoms with E-state index in [1.807, 2.05) is 0 Å². The molecule has 1 N–H and O–H groups in total. The maximum atomic E-state index is 13.6. The van der Waals surface area contributed by atoms with Gasteiger partial charge in [0.25, 0.3) is 0 Å². The predicted molar refractivity (Wildman–Crippen MR) is 72.3 cm³/mol. The summed E-state index contributed by atoms with van der Waals surface area (Å²) in [5.74, 6) is -3.22. The number of ether oxygens (including phenoxy) is 1. The van der Waals surface area contributed by atoms with Crippen molar-refractivity contribution in [2.24, 2.45) is 0 Å². The quantitative estimate of drug-likeness (QED) is 0.833. The minimum absolute atomic E-state index is 0.0933. The Labute approximate surface area is 121 Å². The van der Waals surface area contributed by atoms with Crippen molar-refractivity contribution in [2.45, 2.75) is 6.92 Å². The van der Waals surface area contributed by atoms with Gasteiger partial charge in [-0.3, -0.25) is 0 Å². The first kappa shape index (κ1) is 14.5. The molecule has 104 valence electrons. The average Bonchev–Trinajstić information content (AvgIpc) is 2.37. The number of carbonyl (C=O) groups is 1. The van der Waals surface area contributed by atoms with Crippen molar-refractivity contribution in [1.29, 1.82) is 0 Å². The number of carboxylic acid groups (broad SMARTS) is 1. The molecule has 0 heterocycles. The molecule has 0 saturated heterocycles. The van der Waals surface area contributed by atoms with Crippen molar-refractivity contribution in [3.05, 3.63) is 57.6 Å². The summed E-state index contributed by atoms with van der Waals surface area (Å²) in [7, 11) is 0. The van der Waals surface area contributed by atoms with Crippen LogP contribution in [0.3, 0.4) is 0 Å². The van der Waals surface area contributed by atoms with Crippen LogP contribution in [0.25, 0.3) is 0 Å². The lowest BCUT2D eigenvalue weighted by molar-refractivity contribution is 0.0696. The van der Waals surface area contributed by atoms with E-state index in [0.29, 0.717) is 10.0 Å². The van der Waals surface area contributed by atoms with Crippen LogP contribution in [0.1, 0.15) is 15.9 Å². The smallest absolute Gasteiger partial charge is 0.335 e. The van der Waals surface area contributed by atoms with Gasteiger partial charge in [0.05, 0.1) is 5.56 Å². The van der Waals surface area contributed by atoms with E-state index in [-0.39, 0.29) is 17.1 Å². The van der Waals surface area contributed by atoms with Gasteiger partial charge in [0.2, 0.25) is 5.82 Å². The fourth-order valence-corrected chi connectivity index (χ4v) is 2.03. The standard InChI is InChI=1S/C14H9BrF2O3/c1-7-4-8(14(18)19)2-3-11(7)20-12-6-9(15)5-10(16)13(12)17/h2-6H,1H3,(H,18,19). The van der Waals surface area contributed by atoms with Gasteiger partial charge in [-0.05, 0) is 42.8 Å². The van der Waals surface area contributed by atoms with Crippen LogP contribution in [-0.4, -0.2) is 11.1 Å². The van der Waals surface area contributed by atoms with Crippen molar-refractivity contribution < 1.29 is 23.4 Å². The summed E-state index contributed by atoms with van der Waals surface area (Å²) in [6.07, 6.45) is 0. The molecule has 20 heavy (non-hydrogen) atoms. The van der Waals surface area contributed by atoms with Gasteiger partial charge in [-0.15, -0.1) is 0 Å². The Morgan fingerprint density at radius 2 is 1.90 bits per heavy atom. The Hall–Kier alpha value is -1.95. The van der Waals surface area contributed by atoms with Crippen LogP contribution in [0.2, 0.25) is 0 Å². The van der Waals surface area contributed by atoms with Gasteiger partial charge in [0, 0.05) is 4.47 Å². The van der Waals surface area contributed by atoms with Crippen molar-refractivity contribution in [1.82, 2.24) is 0 Å². The second kappa shape index (κ2) is 5.58. The molecule has 0 bridgehead atoms. The number of rotatable bonds is 3. The molecule has 2 aromatic rings. The third-order valence-corrected chi connectivity index (χ3v) is 3.06. The molecule has 0 aliphatic heterocycles. The first-order valence-electron chi connectivity index (χ1n) is 5.55. The number of halogens is 3. The molecule has 0 amide bonds. The van der Waals surface area contributed by atoms with E-state index in [1.54, 1.807) is 6.92 Å². The van der Waals surface area contributed by atoms with Crippen LogP contribution in [0.4, 0.5) is 8.78 Å². The number of aromatic carboxylic acids is 1. The summed E-state index contributed by atoms with van der Waals surface area (Å²) in [4.78, 5) is 10.8. The lowest BCUT2D eigenvalue weighted by Crippen LogP contribution is -1.98. The van der Waals surface area contributed by atoms with Crippen LogP contribution in [0.5, 0.6) is 11.5 Å². The highest BCUT2D eigenvalue weighted by molar-refractivity contribution is 9.10. The van der Waals surface area contributed by atoms with Crippen LogP contribution in [-0.2, 0) is 0 Å². The zero-order valence-electron chi connectivity index (χ0n) is 10.3. The maximum absolute atomic E-state index is 13.6. The molecule has 0 aliphatic rings. The summed E-state index contributed by atoms with van der Waals surface area (Å²) < 4.78 is 32.5. The van der Waals surface area contributed by atoms with Crippen molar-refractivity contribution in [2.75, 3.05) is 0 Å². The van der Waals surface area contributed by atoms with Crippen LogP contribution in [0, 0.1) is 18.6 Å². The minimum atomic E-state index is -1.10. The number of hydrogen-bond donors (Lipinski definition) is 1. The van der Waals surface area contributed by atoms with E-state index >= 15 is 0 Å². The average molecular weight is 343 g/mol. The highest BCUT2D eigenvalue weighted by Gasteiger charge is 2.14. The summed E-state index contributed by atoms with van der Waals surface area (Å²) in [6, 6.07) is 6.41. The molecule has 0 radical (unpaired) electrons. The largest absolute Gasteiger partial charge is 0.478 e. The third kappa shape index (κ3) is 2.96. The molecule has 0 spiro atoms. The van der Waals surface area contributed by atoms with Crippen LogP contribution in [0.15, 0.2) is 34.8 Å². The van der Waals surface area contributed by atoms with Crippen LogP contribution >= 0.6 is 15.9 Å². The SMILES string of the molecule is Cc1cc(C(=O)O)ccc1Oc1cc(Br)cc(F)c1F. The van der Waals surface area contributed by atoms with E-state index in [4.69, 9.17) is 9.84 Å². The van der Waals surface area contributed by atoms with E-state index < -0.39 is 17.6 Å². The lowest BCUT2D eigenvalue weighted by Gasteiger charge is -2.11. The van der Waals surface area contributed by atoms with Crippen LogP contribution < -0.4 is 4.74 Å². The Balaban J connectivity index is 2.38. The molecule has 3 nitrogen and oxygen atoms in total. The normalized spacial score (nSPS) is 10.4. The second-order valence-corrected chi connectivity index (χ2v) is 5.00. The first-order valence-corrected chi connectivity index (χ1v) is 6.34. The van der Waals surface area contributed by atoms with Gasteiger partial charge in [0.15, 0.2) is 11.6 Å². The van der Waals surface area contributed by atoms with Crippen molar-refractivity contribution in [3.8, 4) is 11.5 Å². The molecule has 0 fully saturated rings. The molecule has 2 rings (SSSR count). The Morgan fingerprint density at radius 3 is 2.50 bits per heavy atom. The van der Waals surface area contributed by atoms with E-state index in [1.165, 1.54) is 24.3 Å². The van der Waals surface area contributed by atoms with Crippen molar-refractivity contribution in [3.63, 3.8) is 0 Å². The van der Waals surface area contributed by atoms with E-state index in [9.17, 15) is 13.6 Å². The molecule has 0 unspecified atom stereocenters. The Bertz CT molecular complexity index is 686. The molecular weight excluding hydrogens is 334 g/mol. The molecular formula is C14H9BrF2O3. The number of carboxylic acids is 1. The maximum Gasteiger partial charge on any atom is 0.335 e. The second-order valence-electron chi connectivity index (χ2n) is 4.09. The molecule has 2 aromatic carbocycles. The minimum Gasteiger partial charge on any atom is -0.478 e. The highest BCUT2D eigenvalue weighted by Crippen LogP contribution is 2.31. The summed E-state index contributed by atoms with van der Waals surface area (Å²) in [5, 5.41) is 8.85. The third-order valence-electron chi connectivity index (χ3n) is 2.60. The van der Waals surface area contributed by atoms with Crippen molar-refractivity contribution >= 4 is 21.9 Å². The number of benzene rings is 2. The fourth-order valence-electron chi connectivity index (χ4n) is 1.62. The predicted octanol–water partition coefficient (Wildman–Crippen LogP) is 4.53. The molecule has 0 aromatic heterocycles. The molecule has 0 aliphatic carbocycles. The number of aryl methyl sites for hydroxylation is 1. The van der Waals surface area contributed by atoms with Gasteiger partial charge in [-0.1, -0.05) is 15.9 Å². The van der Waals surface area contributed by atoms with Gasteiger partial charge in [-0.2, -0.15) is 4.39 Å². The zero-order valence-corrected chi connectivity index (χ0v) is 11.9. The Kier molecular flexibility index (Phi) is 4.04. The van der Waals surface area contributed by atoms with E-state index in [0.717, 1.165) is 6.07 Å². The fraction of sp³-hybridized carbons (Fsp3) is 0.0714. The van der Waals surface area contributed by atoms with Gasteiger partial charge in [0.1, 0.15) is 5.75 Å². The molecule has 0 saturated carbocycles. The number of hydrogen-bond acceptors (Lipinski definition) is 2. The summed E-state index contributed by atoms with van der Waals surface area (Å²) in [6.45, 7) is 1.62. The highest BCUT2D eigenvalue weighted by atomic mass is 79.9. The lowest BCUT2D eigenvalue weighted by atomic mass is 10.1. The summed E-state index contributed by atoms with van der Waals surface area (Å²) in [5.41, 5.74) is 0.598.